The van der Waals surface area contributed by atoms with Crippen molar-refractivity contribution >= 4 is 11.9 Å². The van der Waals surface area contributed by atoms with Gasteiger partial charge in [0.15, 0.2) is 0 Å². The second kappa shape index (κ2) is 8.71. The van der Waals surface area contributed by atoms with E-state index in [0.717, 1.165) is 69.5 Å². The van der Waals surface area contributed by atoms with E-state index in [0.29, 0.717) is 13.2 Å². The highest BCUT2D eigenvalue weighted by molar-refractivity contribution is 6.07. The first-order valence-electron chi connectivity index (χ1n) is 10.7. The molecule has 1 aromatic rings. The minimum Gasteiger partial charge on any atom is -0.496 e. The Morgan fingerprint density at radius 3 is 2.55 bits per heavy atom. The molecule has 1 aromatic carbocycles. The molecule has 1 aliphatic carbocycles. The number of likely N-dealkylation sites (tertiary alicyclic amines) is 1. The highest BCUT2D eigenvalue weighted by atomic mass is 16.5. The number of amides is 3. The van der Waals surface area contributed by atoms with E-state index in [4.69, 9.17) is 9.47 Å². The van der Waals surface area contributed by atoms with Crippen LogP contribution < -0.4 is 10.1 Å². The molecule has 0 bridgehead atoms. The number of urea groups is 1. The maximum absolute atomic E-state index is 12.7. The van der Waals surface area contributed by atoms with Crippen molar-refractivity contribution in [3.63, 3.8) is 0 Å². The molecule has 7 heteroatoms. The molecule has 0 aromatic heterocycles. The Bertz CT molecular complexity index is 739. The summed E-state index contributed by atoms with van der Waals surface area (Å²) in [5.74, 6) is 0.841. The van der Waals surface area contributed by atoms with Crippen LogP contribution in [0.1, 0.15) is 44.1 Å². The van der Waals surface area contributed by atoms with Crippen LogP contribution in [0, 0.1) is 0 Å². The van der Waals surface area contributed by atoms with Gasteiger partial charge < -0.3 is 19.7 Å². The minimum absolute atomic E-state index is 0.0185. The number of para-hydroxylation sites is 1. The van der Waals surface area contributed by atoms with E-state index in [1.807, 2.05) is 24.3 Å². The van der Waals surface area contributed by atoms with Gasteiger partial charge in [0.25, 0.3) is 5.91 Å². The summed E-state index contributed by atoms with van der Waals surface area (Å²) in [6.45, 7) is 3.60. The first-order chi connectivity index (χ1) is 14.1. The Kier molecular flexibility index (Phi) is 6.06. The molecule has 29 heavy (non-hydrogen) atoms. The molecule has 1 spiro atoms. The fourth-order valence-corrected chi connectivity index (χ4v) is 4.77. The Balaban J connectivity index is 1.20. The highest BCUT2D eigenvalue weighted by Crippen LogP contribution is 2.35. The van der Waals surface area contributed by atoms with E-state index in [-0.39, 0.29) is 18.0 Å². The molecular formula is C22H31N3O4. The summed E-state index contributed by atoms with van der Waals surface area (Å²) in [4.78, 5) is 28.8. The zero-order chi connectivity index (χ0) is 20.3. The van der Waals surface area contributed by atoms with Crippen LogP contribution >= 0.6 is 0 Å². The summed E-state index contributed by atoms with van der Waals surface area (Å²) in [5, 5.41) is 2.95. The SMILES string of the molecule is COc1ccccc1COC1CCN(CCN2C(=O)NC3(CCCC3)C2=O)CC1. The summed E-state index contributed by atoms with van der Waals surface area (Å²) >= 11 is 0. The van der Waals surface area contributed by atoms with Crippen LogP contribution in [0.15, 0.2) is 24.3 Å². The number of imide groups is 1. The zero-order valence-electron chi connectivity index (χ0n) is 17.2. The number of piperidine rings is 1. The molecule has 3 fully saturated rings. The van der Waals surface area contributed by atoms with Crippen LogP contribution in [-0.2, 0) is 16.1 Å². The number of hydrogen-bond donors (Lipinski definition) is 1. The number of benzene rings is 1. The second-order valence-corrected chi connectivity index (χ2v) is 8.34. The smallest absolute Gasteiger partial charge is 0.325 e. The molecule has 7 nitrogen and oxygen atoms in total. The lowest BCUT2D eigenvalue weighted by Crippen LogP contribution is -2.45. The number of ether oxygens (including phenoxy) is 2. The van der Waals surface area contributed by atoms with Gasteiger partial charge in [-0.15, -0.1) is 0 Å². The molecule has 0 unspecified atom stereocenters. The van der Waals surface area contributed by atoms with Crippen molar-refractivity contribution in [1.82, 2.24) is 15.1 Å². The van der Waals surface area contributed by atoms with Gasteiger partial charge in [0.1, 0.15) is 11.3 Å². The zero-order valence-corrected chi connectivity index (χ0v) is 17.2. The quantitative estimate of drug-likeness (QED) is 0.711. The molecule has 3 aliphatic rings. The van der Waals surface area contributed by atoms with E-state index in [1.165, 1.54) is 4.90 Å². The Labute approximate surface area is 172 Å². The number of rotatable bonds is 7. The largest absolute Gasteiger partial charge is 0.496 e. The molecule has 0 atom stereocenters. The van der Waals surface area contributed by atoms with E-state index < -0.39 is 5.54 Å². The third-order valence-corrected chi connectivity index (χ3v) is 6.54. The van der Waals surface area contributed by atoms with Crippen molar-refractivity contribution in [3.05, 3.63) is 29.8 Å². The molecule has 4 rings (SSSR count). The Hall–Kier alpha value is -2.12. The molecule has 2 aliphatic heterocycles. The molecule has 3 amide bonds. The Morgan fingerprint density at radius 2 is 1.83 bits per heavy atom. The topological polar surface area (TPSA) is 71.1 Å². The van der Waals surface area contributed by atoms with Crippen molar-refractivity contribution in [2.45, 2.75) is 56.8 Å². The third-order valence-electron chi connectivity index (χ3n) is 6.54. The van der Waals surface area contributed by atoms with Gasteiger partial charge in [-0.25, -0.2) is 4.79 Å². The van der Waals surface area contributed by atoms with E-state index in [1.54, 1.807) is 7.11 Å². The first kappa shape index (κ1) is 20.2. The molecule has 2 heterocycles. The van der Waals surface area contributed by atoms with Gasteiger partial charge in [-0.05, 0) is 31.7 Å². The predicted molar refractivity (Wildman–Crippen MR) is 109 cm³/mol. The lowest BCUT2D eigenvalue weighted by Gasteiger charge is -2.32. The fourth-order valence-electron chi connectivity index (χ4n) is 4.77. The summed E-state index contributed by atoms with van der Waals surface area (Å²) < 4.78 is 11.5. The predicted octanol–water partition coefficient (Wildman–Crippen LogP) is 2.54. The maximum atomic E-state index is 12.7. The van der Waals surface area contributed by atoms with Crippen LogP contribution in [0.2, 0.25) is 0 Å². The average Bonchev–Trinajstić information content (AvgIpc) is 3.31. The van der Waals surface area contributed by atoms with Crippen molar-refractivity contribution in [2.75, 3.05) is 33.3 Å². The van der Waals surface area contributed by atoms with E-state index >= 15 is 0 Å². The van der Waals surface area contributed by atoms with Gasteiger partial charge in [-0.3, -0.25) is 9.69 Å². The maximum Gasteiger partial charge on any atom is 0.325 e. The summed E-state index contributed by atoms with van der Waals surface area (Å²) in [7, 11) is 1.68. The van der Waals surface area contributed by atoms with E-state index in [2.05, 4.69) is 10.2 Å². The van der Waals surface area contributed by atoms with E-state index in [9.17, 15) is 9.59 Å². The van der Waals surface area contributed by atoms with Gasteiger partial charge in [-0.1, -0.05) is 31.0 Å². The third kappa shape index (κ3) is 4.26. The summed E-state index contributed by atoms with van der Waals surface area (Å²) in [6.07, 6.45) is 5.74. The highest BCUT2D eigenvalue weighted by Gasteiger charge is 2.52. The fraction of sp³-hybridized carbons (Fsp3) is 0.636. The average molecular weight is 402 g/mol. The van der Waals surface area contributed by atoms with Crippen molar-refractivity contribution in [2.24, 2.45) is 0 Å². The number of methoxy groups -OCH3 is 1. The van der Waals surface area contributed by atoms with Gasteiger partial charge in [0.05, 0.1) is 19.8 Å². The normalized spacial score (nSPS) is 22.4. The van der Waals surface area contributed by atoms with Crippen LogP contribution in [0.25, 0.3) is 0 Å². The summed E-state index contributed by atoms with van der Waals surface area (Å²) in [5.41, 5.74) is 0.466. The van der Waals surface area contributed by atoms with Crippen molar-refractivity contribution in [3.8, 4) is 5.75 Å². The molecule has 0 radical (unpaired) electrons. The molecule has 2 saturated heterocycles. The number of nitrogens with one attached hydrogen (secondary N) is 1. The van der Waals surface area contributed by atoms with Crippen LogP contribution in [0.5, 0.6) is 5.75 Å². The first-order valence-corrected chi connectivity index (χ1v) is 10.7. The second-order valence-electron chi connectivity index (χ2n) is 8.34. The lowest BCUT2D eigenvalue weighted by atomic mass is 9.98. The van der Waals surface area contributed by atoms with Gasteiger partial charge >= 0.3 is 6.03 Å². The van der Waals surface area contributed by atoms with Crippen LogP contribution in [0.4, 0.5) is 4.79 Å². The number of carbonyl (C=O) groups is 2. The number of carbonyl (C=O) groups excluding carboxylic acids is 2. The molecule has 158 valence electrons. The number of hydrogen-bond acceptors (Lipinski definition) is 5. The van der Waals surface area contributed by atoms with Crippen molar-refractivity contribution < 1.29 is 19.1 Å². The van der Waals surface area contributed by atoms with Crippen LogP contribution in [-0.4, -0.2) is 66.7 Å². The lowest BCUT2D eigenvalue weighted by molar-refractivity contribution is -0.131. The molecule has 1 N–H and O–H groups in total. The Morgan fingerprint density at radius 1 is 1.10 bits per heavy atom. The number of nitrogens with zero attached hydrogens (tertiary/aromatic N) is 2. The monoisotopic (exact) mass is 401 g/mol. The van der Waals surface area contributed by atoms with Crippen molar-refractivity contribution in [1.29, 1.82) is 0 Å². The molecular weight excluding hydrogens is 370 g/mol. The standard InChI is InChI=1S/C22H31N3O4/c1-28-19-7-3-2-6-17(19)16-29-18-8-12-24(13-9-18)14-15-25-20(26)22(23-21(25)27)10-4-5-11-22/h2-3,6-7,18H,4-5,8-16H2,1H3,(H,23,27). The summed E-state index contributed by atoms with van der Waals surface area (Å²) in [6, 6.07) is 7.72. The van der Waals surface area contributed by atoms with Crippen LogP contribution in [0.3, 0.4) is 0 Å². The minimum atomic E-state index is -0.601. The van der Waals surface area contributed by atoms with Gasteiger partial charge in [0, 0.05) is 31.7 Å². The van der Waals surface area contributed by atoms with Gasteiger partial charge in [-0.2, -0.15) is 0 Å². The van der Waals surface area contributed by atoms with Gasteiger partial charge in [0.2, 0.25) is 0 Å². The molecule has 1 saturated carbocycles.